The predicted octanol–water partition coefficient (Wildman–Crippen LogP) is 1.85. The van der Waals surface area contributed by atoms with Crippen LogP contribution in [0.15, 0.2) is 23.1 Å². The number of ether oxygens (including phenoxy) is 1. The lowest BCUT2D eigenvalue weighted by Gasteiger charge is -2.07. The van der Waals surface area contributed by atoms with Crippen LogP contribution in [0.2, 0.25) is 5.02 Å². The molecule has 0 unspecified atom stereocenters. The van der Waals surface area contributed by atoms with E-state index in [2.05, 4.69) is 0 Å². The Hall–Kier alpha value is -1.11. The summed E-state index contributed by atoms with van der Waals surface area (Å²) in [7, 11) is -2.12. The summed E-state index contributed by atoms with van der Waals surface area (Å²) < 4.78 is 28.7. The fraction of sp³-hybridized carbons (Fsp3) is 0.364. The van der Waals surface area contributed by atoms with Crippen LogP contribution in [0.4, 0.5) is 0 Å². The SMILES string of the molecule is COCCCS(=O)(=O)c1cc(C(=O)O)ccc1Cl. The molecule has 1 N–H and O–H groups in total. The molecule has 100 valence electrons. The third kappa shape index (κ3) is 3.69. The molecule has 0 saturated heterocycles. The molecular formula is C11H13ClO5S. The number of methoxy groups -OCH3 is 1. The number of rotatable bonds is 6. The molecule has 0 aromatic heterocycles. The zero-order valence-electron chi connectivity index (χ0n) is 9.72. The van der Waals surface area contributed by atoms with Gasteiger partial charge in [-0.1, -0.05) is 11.6 Å². The number of hydrogen-bond acceptors (Lipinski definition) is 4. The monoisotopic (exact) mass is 292 g/mol. The second kappa shape index (κ2) is 6.17. The summed E-state index contributed by atoms with van der Waals surface area (Å²) in [5, 5.41) is 8.85. The van der Waals surface area contributed by atoms with Crippen LogP contribution in [0.3, 0.4) is 0 Å². The topological polar surface area (TPSA) is 80.7 Å². The maximum Gasteiger partial charge on any atom is 0.335 e. The van der Waals surface area contributed by atoms with E-state index >= 15 is 0 Å². The van der Waals surface area contributed by atoms with Gasteiger partial charge in [0.15, 0.2) is 9.84 Å². The van der Waals surface area contributed by atoms with Crippen molar-refractivity contribution in [2.24, 2.45) is 0 Å². The molecule has 0 bridgehead atoms. The molecule has 0 radical (unpaired) electrons. The first-order valence-electron chi connectivity index (χ1n) is 5.13. The number of carbonyl (C=O) groups is 1. The molecule has 0 atom stereocenters. The van der Waals surface area contributed by atoms with Gasteiger partial charge in [0.05, 0.1) is 21.2 Å². The second-order valence-electron chi connectivity index (χ2n) is 3.62. The van der Waals surface area contributed by atoms with Gasteiger partial charge >= 0.3 is 5.97 Å². The summed E-state index contributed by atoms with van der Waals surface area (Å²) in [5.41, 5.74) is -0.107. The summed E-state index contributed by atoms with van der Waals surface area (Å²) in [6.45, 7) is 0.315. The van der Waals surface area contributed by atoms with Crippen molar-refractivity contribution >= 4 is 27.4 Å². The Morgan fingerprint density at radius 2 is 2.11 bits per heavy atom. The normalized spacial score (nSPS) is 11.4. The average Bonchev–Trinajstić information content (AvgIpc) is 2.29. The van der Waals surface area contributed by atoms with Crippen LogP contribution in [0.1, 0.15) is 16.8 Å². The van der Waals surface area contributed by atoms with Crippen molar-refractivity contribution in [1.82, 2.24) is 0 Å². The minimum atomic E-state index is -3.59. The summed E-state index contributed by atoms with van der Waals surface area (Å²) in [6.07, 6.45) is 0.326. The minimum Gasteiger partial charge on any atom is -0.478 e. The summed E-state index contributed by atoms with van der Waals surface area (Å²) in [5.74, 6) is -1.33. The molecule has 5 nitrogen and oxygen atoms in total. The van der Waals surface area contributed by atoms with Crippen LogP contribution in [-0.4, -0.2) is 39.0 Å². The molecule has 0 heterocycles. The molecule has 7 heteroatoms. The van der Waals surface area contributed by atoms with Gasteiger partial charge in [-0.3, -0.25) is 0 Å². The van der Waals surface area contributed by atoms with Crippen molar-refractivity contribution in [3.05, 3.63) is 28.8 Å². The van der Waals surface area contributed by atoms with Crippen LogP contribution in [0.25, 0.3) is 0 Å². The Balaban J connectivity index is 3.07. The van der Waals surface area contributed by atoms with Gasteiger partial charge in [-0.05, 0) is 24.6 Å². The van der Waals surface area contributed by atoms with Crippen LogP contribution >= 0.6 is 11.6 Å². The van der Waals surface area contributed by atoms with E-state index in [9.17, 15) is 13.2 Å². The number of carboxylic acid groups (broad SMARTS) is 1. The van der Waals surface area contributed by atoms with E-state index in [-0.39, 0.29) is 21.2 Å². The highest BCUT2D eigenvalue weighted by Crippen LogP contribution is 2.24. The third-order valence-corrected chi connectivity index (χ3v) is 4.55. The number of aromatic carboxylic acids is 1. The molecule has 1 aromatic rings. The van der Waals surface area contributed by atoms with Gasteiger partial charge in [0.2, 0.25) is 0 Å². The molecule has 0 aliphatic heterocycles. The summed E-state index contributed by atoms with van der Waals surface area (Å²) in [6, 6.07) is 3.61. The molecule has 0 saturated carbocycles. The summed E-state index contributed by atoms with van der Waals surface area (Å²) >= 11 is 5.79. The Morgan fingerprint density at radius 3 is 2.67 bits per heavy atom. The van der Waals surface area contributed by atoms with E-state index in [1.54, 1.807) is 0 Å². The maximum atomic E-state index is 12.0. The maximum absolute atomic E-state index is 12.0. The fourth-order valence-corrected chi connectivity index (χ4v) is 3.24. The molecule has 0 spiro atoms. The molecule has 0 aliphatic carbocycles. The van der Waals surface area contributed by atoms with Gasteiger partial charge in [-0.15, -0.1) is 0 Å². The van der Waals surface area contributed by atoms with Crippen LogP contribution < -0.4 is 0 Å². The quantitative estimate of drug-likeness (QED) is 0.809. The smallest absolute Gasteiger partial charge is 0.335 e. The van der Waals surface area contributed by atoms with Crippen LogP contribution in [0.5, 0.6) is 0 Å². The molecule has 0 amide bonds. The van der Waals surface area contributed by atoms with Gasteiger partial charge in [-0.2, -0.15) is 0 Å². The highest BCUT2D eigenvalue weighted by molar-refractivity contribution is 7.91. The number of halogens is 1. The Labute approximate surface area is 110 Å². The molecule has 1 rings (SSSR count). The fourth-order valence-electron chi connectivity index (χ4n) is 1.38. The lowest BCUT2D eigenvalue weighted by Crippen LogP contribution is -2.10. The highest BCUT2D eigenvalue weighted by atomic mass is 35.5. The van der Waals surface area contributed by atoms with E-state index < -0.39 is 15.8 Å². The lowest BCUT2D eigenvalue weighted by atomic mass is 10.2. The van der Waals surface area contributed by atoms with Crippen molar-refractivity contribution < 1.29 is 23.1 Å². The van der Waals surface area contributed by atoms with Crippen LogP contribution in [0, 0.1) is 0 Å². The lowest BCUT2D eigenvalue weighted by molar-refractivity contribution is 0.0696. The van der Waals surface area contributed by atoms with E-state index in [4.69, 9.17) is 21.4 Å². The largest absolute Gasteiger partial charge is 0.478 e. The van der Waals surface area contributed by atoms with Gasteiger partial charge in [0.25, 0.3) is 0 Å². The third-order valence-electron chi connectivity index (χ3n) is 2.27. The Bertz CT molecular complexity index is 538. The van der Waals surface area contributed by atoms with Crippen LogP contribution in [-0.2, 0) is 14.6 Å². The number of sulfone groups is 1. The predicted molar refractivity (Wildman–Crippen MR) is 67.0 cm³/mol. The number of hydrogen-bond donors (Lipinski definition) is 1. The minimum absolute atomic E-state index is 0.0254. The van der Waals surface area contributed by atoms with Gasteiger partial charge in [0, 0.05) is 13.7 Å². The van der Waals surface area contributed by atoms with Gasteiger partial charge < -0.3 is 9.84 Å². The number of carboxylic acids is 1. The zero-order chi connectivity index (χ0) is 13.8. The first kappa shape index (κ1) is 14.9. The van der Waals surface area contributed by atoms with E-state index in [1.807, 2.05) is 0 Å². The standard InChI is InChI=1S/C11H13ClO5S/c1-17-5-2-6-18(15,16)10-7-8(11(13)14)3-4-9(10)12/h3-4,7H,2,5-6H2,1H3,(H,13,14). The first-order chi connectivity index (χ1) is 8.38. The molecular weight excluding hydrogens is 280 g/mol. The zero-order valence-corrected chi connectivity index (χ0v) is 11.3. The Kier molecular flexibility index (Phi) is 5.13. The van der Waals surface area contributed by atoms with Crippen molar-refractivity contribution in [2.75, 3.05) is 19.5 Å². The summed E-state index contributed by atoms with van der Waals surface area (Å²) in [4.78, 5) is 10.6. The highest BCUT2D eigenvalue weighted by Gasteiger charge is 2.19. The van der Waals surface area contributed by atoms with Crippen molar-refractivity contribution in [1.29, 1.82) is 0 Å². The van der Waals surface area contributed by atoms with Gasteiger partial charge in [0.1, 0.15) is 0 Å². The molecule has 0 fully saturated rings. The van der Waals surface area contributed by atoms with Crippen molar-refractivity contribution in [2.45, 2.75) is 11.3 Å². The molecule has 1 aromatic carbocycles. The second-order valence-corrected chi connectivity index (χ2v) is 6.10. The first-order valence-corrected chi connectivity index (χ1v) is 7.16. The Morgan fingerprint density at radius 1 is 1.44 bits per heavy atom. The van der Waals surface area contributed by atoms with E-state index in [0.717, 1.165) is 6.07 Å². The van der Waals surface area contributed by atoms with Crippen molar-refractivity contribution in [3.8, 4) is 0 Å². The average molecular weight is 293 g/mol. The molecule has 0 aliphatic rings. The van der Waals surface area contributed by atoms with Gasteiger partial charge in [-0.25, -0.2) is 13.2 Å². The van der Waals surface area contributed by atoms with E-state index in [0.29, 0.717) is 13.0 Å². The number of benzene rings is 1. The van der Waals surface area contributed by atoms with E-state index in [1.165, 1.54) is 19.2 Å². The molecule has 18 heavy (non-hydrogen) atoms. The van der Waals surface area contributed by atoms with Crippen molar-refractivity contribution in [3.63, 3.8) is 0 Å².